The highest BCUT2D eigenvalue weighted by molar-refractivity contribution is 5.86. The molecule has 21 heavy (non-hydrogen) atoms. The van der Waals surface area contributed by atoms with Gasteiger partial charge >= 0.3 is 5.97 Å². The molecule has 0 unspecified atom stereocenters. The highest BCUT2D eigenvalue weighted by atomic mass is 19.3. The highest BCUT2D eigenvalue weighted by Crippen LogP contribution is 2.39. The summed E-state index contributed by atoms with van der Waals surface area (Å²) in [5.74, 6) is -2.44. The van der Waals surface area contributed by atoms with E-state index in [0.717, 1.165) is 6.07 Å². The van der Waals surface area contributed by atoms with Gasteiger partial charge in [-0.05, 0) is 23.6 Å². The Kier molecular flexibility index (Phi) is 3.93. The standard InChI is InChI=1S/C14H13F2NO4/c1-6(2)7-3-8(12(18)9(4-7)13(15)16)10-5-11(14(19)20)21-17-10/h3-6,13,18H,1-2H3,(H,19,20). The second-order valence-corrected chi connectivity index (χ2v) is 4.84. The predicted molar refractivity (Wildman–Crippen MR) is 69.6 cm³/mol. The average Bonchev–Trinajstić information content (AvgIpc) is 2.87. The molecule has 0 aliphatic rings. The Bertz CT molecular complexity index is 680. The molecule has 2 aromatic rings. The lowest BCUT2D eigenvalue weighted by atomic mass is 9.95. The summed E-state index contributed by atoms with van der Waals surface area (Å²) in [7, 11) is 0. The van der Waals surface area contributed by atoms with Gasteiger partial charge in [0.1, 0.15) is 11.4 Å². The van der Waals surface area contributed by atoms with Crippen molar-refractivity contribution in [2.24, 2.45) is 0 Å². The summed E-state index contributed by atoms with van der Waals surface area (Å²) in [5.41, 5.74) is 0.0797. The second-order valence-electron chi connectivity index (χ2n) is 4.84. The van der Waals surface area contributed by atoms with Crippen molar-refractivity contribution in [3.63, 3.8) is 0 Å². The first kappa shape index (κ1) is 15.0. The number of carbonyl (C=O) groups is 1. The molecular weight excluding hydrogens is 284 g/mol. The number of nitrogens with zero attached hydrogens (tertiary/aromatic N) is 1. The molecule has 0 aliphatic carbocycles. The number of hydrogen-bond donors (Lipinski definition) is 2. The van der Waals surface area contributed by atoms with Crippen molar-refractivity contribution in [1.29, 1.82) is 0 Å². The van der Waals surface area contributed by atoms with Crippen LogP contribution in [0.25, 0.3) is 11.3 Å². The van der Waals surface area contributed by atoms with Crippen molar-refractivity contribution in [3.8, 4) is 17.0 Å². The smallest absolute Gasteiger partial charge is 0.374 e. The van der Waals surface area contributed by atoms with E-state index < -0.39 is 29.5 Å². The summed E-state index contributed by atoms with van der Waals surface area (Å²) in [6.45, 7) is 3.63. The van der Waals surface area contributed by atoms with Gasteiger partial charge < -0.3 is 14.7 Å². The van der Waals surface area contributed by atoms with Gasteiger partial charge in [0.2, 0.25) is 5.76 Å². The first-order valence-corrected chi connectivity index (χ1v) is 6.16. The Balaban J connectivity index is 2.63. The van der Waals surface area contributed by atoms with E-state index in [4.69, 9.17) is 5.11 Å². The third-order valence-electron chi connectivity index (χ3n) is 3.06. The van der Waals surface area contributed by atoms with Gasteiger partial charge in [0, 0.05) is 11.6 Å². The van der Waals surface area contributed by atoms with Crippen LogP contribution in [-0.4, -0.2) is 21.3 Å². The predicted octanol–water partition coefficient (Wildman–Crippen LogP) is 3.81. The molecule has 0 aliphatic heterocycles. The minimum absolute atomic E-state index is 0.00528. The quantitative estimate of drug-likeness (QED) is 0.896. The summed E-state index contributed by atoms with van der Waals surface area (Å²) in [4.78, 5) is 10.8. The Morgan fingerprint density at radius 1 is 1.29 bits per heavy atom. The van der Waals surface area contributed by atoms with Crippen LogP contribution in [0.1, 0.15) is 47.9 Å². The zero-order chi connectivity index (χ0) is 15.7. The molecule has 0 saturated heterocycles. The Morgan fingerprint density at radius 3 is 2.43 bits per heavy atom. The van der Waals surface area contributed by atoms with Gasteiger partial charge in [-0.15, -0.1) is 0 Å². The fourth-order valence-electron chi connectivity index (χ4n) is 1.88. The SMILES string of the molecule is CC(C)c1cc(-c2cc(C(=O)O)on2)c(O)c(C(F)F)c1. The van der Waals surface area contributed by atoms with E-state index in [2.05, 4.69) is 9.68 Å². The number of alkyl halides is 2. The van der Waals surface area contributed by atoms with Crippen LogP contribution in [0.4, 0.5) is 8.78 Å². The molecule has 2 rings (SSSR count). The molecule has 0 amide bonds. The lowest BCUT2D eigenvalue weighted by Crippen LogP contribution is -1.95. The van der Waals surface area contributed by atoms with Crippen LogP contribution in [0.2, 0.25) is 0 Å². The first-order valence-electron chi connectivity index (χ1n) is 6.16. The van der Waals surface area contributed by atoms with E-state index in [1.54, 1.807) is 0 Å². The number of carboxylic acid groups (broad SMARTS) is 1. The second kappa shape index (κ2) is 5.51. The topological polar surface area (TPSA) is 83.6 Å². The monoisotopic (exact) mass is 297 g/mol. The Hall–Kier alpha value is -2.44. The zero-order valence-corrected chi connectivity index (χ0v) is 11.3. The summed E-state index contributed by atoms with van der Waals surface area (Å²) < 4.78 is 30.6. The lowest BCUT2D eigenvalue weighted by molar-refractivity contribution is 0.0652. The van der Waals surface area contributed by atoms with Crippen LogP contribution < -0.4 is 0 Å². The minimum Gasteiger partial charge on any atom is -0.507 e. The highest BCUT2D eigenvalue weighted by Gasteiger charge is 2.22. The number of benzene rings is 1. The molecule has 0 atom stereocenters. The largest absolute Gasteiger partial charge is 0.507 e. The molecule has 7 heteroatoms. The fraction of sp³-hybridized carbons (Fsp3) is 0.286. The van der Waals surface area contributed by atoms with Crippen molar-refractivity contribution in [1.82, 2.24) is 5.16 Å². The molecule has 1 aromatic heterocycles. The van der Waals surface area contributed by atoms with Crippen LogP contribution >= 0.6 is 0 Å². The van der Waals surface area contributed by atoms with Gasteiger partial charge in [-0.25, -0.2) is 13.6 Å². The van der Waals surface area contributed by atoms with Crippen molar-refractivity contribution in [2.45, 2.75) is 26.2 Å². The van der Waals surface area contributed by atoms with E-state index in [1.807, 2.05) is 13.8 Å². The fourth-order valence-corrected chi connectivity index (χ4v) is 1.88. The normalized spacial score (nSPS) is 11.3. The summed E-state index contributed by atoms with van der Waals surface area (Å²) in [6, 6.07) is 3.80. The van der Waals surface area contributed by atoms with Crippen molar-refractivity contribution >= 4 is 5.97 Å². The van der Waals surface area contributed by atoms with Gasteiger partial charge in [-0.1, -0.05) is 19.0 Å². The molecule has 0 spiro atoms. The van der Waals surface area contributed by atoms with E-state index in [1.165, 1.54) is 12.1 Å². The molecule has 1 heterocycles. The lowest BCUT2D eigenvalue weighted by Gasteiger charge is -2.13. The van der Waals surface area contributed by atoms with E-state index in [0.29, 0.717) is 5.56 Å². The summed E-state index contributed by atoms with van der Waals surface area (Å²) >= 11 is 0. The average molecular weight is 297 g/mol. The number of phenols is 1. The van der Waals surface area contributed by atoms with Crippen molar-refractivity contribution < 1.29 is 28.3 Å². The number of aromatic hydroxyl groups is 1. The van der Waals surface area contributed by atoms with Crippen molar-refractivity contribution in [3.05, 3.63) is 35.1 Å². The van der Waals surface area contributed by atoms with E-state index >= 15 is 0 Å². The maximum absolute atomic E-state index is 13.0. The van der Waals surface area contributed by atoms with E-state index in [9.17, 15) is 18.7 Å². The summed E-state index contributed by atoms with van der Waals surface area (Å²) in [6.07, 6.45) is -2.85. The minimum atomic E-state index is -2.85. The van der Waals surface area contributed by atoms with Crippen LogP contribution in [-0.2, 0) is 0 Å². The number of aromatic nitrogens is 1. The molecule has 5 nitrogen and oxygen atoms in total. The van der Waals surface area contributed by atoms with Crippen LogP contribution in [0.3, 0.4) is 0 Å². The molecule has 0 saturated carbocycles. The third-order valence-corrected chi connectivity index (χ3v) is 3.06. The molecule has 1 aromatic carbocycles. The molecule has 0 fully saturated rings. The maximum Gasteiger partial charge on any atom is 0.374 e. The molecular formula is C14H13F2NO4. The van der Waals surface area contributed by atoms with Gasteiger partial charge in [0.05, 0.1) is 5.56 Å². The van der Waals surface area contributed by atoms with Gasteiger partial charge in [-0.2, -0.15) is 0 Å². The van der Waals surface area contributed by atoms with Crippen LogP contribution in [0, 0.1) is 0 Å². The van der Waals surface area contributed by atoms with Gasteiger partial charge in [-0.3, -0.25) is 0 Å². The third kappa shape index (κ3) is 2.86. The molecule has 0 radical (unpaired) electrons. The van der Waals surface area contributed by atoms with Crippen LogP contribution in [0.15, 0.2) is 22.7 Å². The van der Waals surface area contributed by atoms with Gasteiger partial charge in [0.25, 0.3) is 6.43 Å². The number of aromatic carboxylic acids is 1. The first-order chi connectivity index (χ1) is 9.81. The van der Waals surface area contributed by atoms with E-state index in [-0.39, 0.29) is 17.2 Å². The maximum atomic E-state index is 13.0. The number of rotatable bonds is 4. The molecule has 112 valence electrons. The zero-order valence-electron chi connectivity index (χ0n) is 11.3. The van der Waals surface area contributed by atoms with Gasteiger partial charge in [0.15, 0.2) is 0 Å². The Morgan fingerprint density at radius 2 is 1.95 bits per heavy atom. The summed E-state index contributed by atoms with van der Waals surface area (Å²) in [5, 5.41) is 22.3. The molecule has 2 N–H and O–H groups in total. The Labute approximate surface area is 118 Å². The molecule has 0 bridgehead atoms. The number of carboxylic acids is 1. The van der Waals surface area contributed by atoms with Crippen LogP contribution in [0.5, 0.6) is 5.75 Å². The number of phenolic OH excluding ortho intramolecular Hbond substituents is 1. The van der Waals surface area contributed by atoms with Crippen molar-refractivity contribution in [2.75, 3.05) is 0 Å². The number of halogens is 2. The number of hydrogen-bond acceptors (Lipinski definition) is 4.